The highest BCUT2D eigenvalue weighted by Gasteiger charge is 2.08. The van der Waals surface area contributed by atoms with Gasteiger partial charge in [0.05, 0.1) is 11.4 Å². The van der Waals surface area contributed by atoms with Crippen molar-refractivity contribution in [1.29, 1.82) is 0 Å². The van der Waals surface area contributed by atoms with Crippen molar-refractivity contribution in [3.8, 4) is 11.3 Å². The van der Waals surface area contributed by atoms with Gasteiger partial charge in [0.15, 0.2) is 5.65 Å². The molecule has 0 saturated carbocycles. The number of nitrogens with zero attached hydrogens (tertiary/aromatic N) is 3. The summed E-state index contributed by atoms with van der Waals surface area (Å²) in [7, 11) is 0. The Morgan fingerprint density at radius 1 is 1.18 bits per heavy atom. The van der Waals surface area contributed by atoms with Gasteiger partial charge < -0.3 is 0 Å². The van der Waals surface area contributed by atoms with Crippen molar-refractivity contribution in [1.82, 2.24) is 19.6 Å². The fourth-order valence-corrected chi connectivity index (χ4v) is 3.08. The van der Waals surface area contributed by atoms with Crippen molar-refractivity contribution in [2.24, 2.45) is 0 Å². The first-order chi connectivity index (χ1) is 10.8. The minimum absolute atomic E-state index is 0.101. The molecular weight excluding hydrogens is 296 g/mol. The van der Waals surface area contributed by atoms with Gasteiger partial charge in [-0.2, -0.15) is 11.3 Å². The van der Waals surface area contributed by atoms with Crippen molar-refractivity contribution >= 4 is 17.0 Å². The summed E-state index contributed by atoms with van der Waals surface area (Å²) >= 11 is 1.64. The Labute approximate surface area is 129 Å². The molecule has 4 heterocycles. The quantitative estimate of drug-likeness (QED) is 0.633. The van der Waals surface area contributed by atoms with Gasteiger partial charge in [0, 0.05) is 36.5 Å². The molecule has 5 nitrogen and oxygen atoms in total. The van der Waals surface area contributed by atoms with E-state index in [1.165, 1.54) is 10.1 Å². The minimum Gasteiger partial charge on any atom is -0.289 e. The molecule has 0 bridgehead atoms. The molecule has 0 atom stereocenters. The molecule has 0 aliphatic rings. The Kier molecular flexibility index (Phi) is 3.08. The zero-order valence-corrected chi connectivity index (χ0v) is 12.4. The lowest BCUT2D eigenvalue weighted by Crippen LogP contribution is -2.15. The Balaban J connectivity index is 1.79. The van der Waals surface area contributed by atoms with Crippen LogP contribution in [0.15, 0.2) is 58.3 Å². The van der Waals surface area contributed by atoms with Crippen LogP contribution in [0.25, 0.3) is 16.9 Å². The molecule has 4 aromatic rings. The van der Waals surface area contributed by atoms with Crippen LogP contribution in [0.3, 0.4) is 0 Å². The number of nitrogens with one attached hydrogen (secondary N) is 1. The van der Waals surface area contributed by atoms with Gasteiger partial charge in [-0.15, -0.1) is 0 Å². The Morgan fingerprint density at radius 3 is 2.82 bits per heavy atom. The Bertz CT molecular complexity index is 970. The molecule has 0 amide bonds. The average molecular weight is 308 g/mol. The van der Waals surface area contributed by atoms with E-state index in [-0.39, 0.29) is 5.56 Å². The normalized spacial score (nSPS) is 11.1. The van der Waals surface area contributed by atoms with Gasteiger partial charge in [-0.3, -0.25) is 14.9 Å². The average Bonchev–Trinajstić information content (AvgIpc) is 3.18. The molecule has 0 radical (unpaired) electrons. The van der Waals surface area contributed by atoms with Crippen LogP contribution >= 0.6 is 11.3 Å². The number of H-pyrrole nitrogens is 1. The predicted molar refractivity (Wildman–Crippen MR) is 86.2 cm³/mol. The number of pyridine rings is 1. The zero-order valence-electron chi connectivity index (χ0n) is 11.6. The predicted octanol–water partition coefficient (Wildman–Crippen LogP) is 2.74. The SMILES string of the molecule is O=c1cc(Cc2ccsc2)nc2cc(-c3ccncc3)[nH]n12. The van der Waals surface area contributed by atoms with Crippen LogP contribution < -0.4 is 5.56 Å². The first-order valence-electron chi connectivity index (χ1n) is 6.83. The van der Waals surface area contributed by atoms with Crippen LogP contribution in [0.4, 0.5) is 0 Å². The van der Waals surface area contributed by atoms with E-state index >= 15 is 0 Å². The van der Waals surface area contributed by atoms with Crippen molar-refractivity contribution in [3.63, 3.8) is 0 Å². The second-order valence-electron chi connectivity index (χ2n) is 4.99. The highest BCUT2D eigenvalue weighted by atomic mass is 32.1. The zero-order chi connectivity index (χ0) is 14.9. The van der Waals surface area contributed by atoms with E-state index in [1.54, 1.807) is 29.8 Å². The summed E-state index contributed by atoms with van der Waals surface area (Å²) in [5.41, 5.74) is 4.30. The van der Waals surface area contributed by atoms with E-state index in [1.807, 2.05) is 29.6 Å². The lowest BCUT2D eigenvalue weighted by Gasteiger charge is -1.99. The van der Waals surface area contributed by atoms with Crippen LogP contribution in [0, 0.1) is 0 Å². The molecule has 0 spiro atoms. The molecule has 6 heteroatoms. The van der Waals surface area contributed by atoms with Gasteiger partial charge in [0.1, 0.15) is 0 Å². The topological polar surface area (TPSA) is 63.0 Å². The maximum absolute atomic E-state index is 12.3. The lowest BCUT2D eigenvalue weighted by molar-refractivity contribution is 0.884. The second-order valence-corrected chi connectivity index (χ2v) is 5.77. The second kappa shape index (κ2) is 5.23. The minimum atomic E-state index is -0.101. The number of thiophene rings is 1. The summed E-state index contributed by atoms with van der Waals surface area (Å²) < 4.78 is 1.47. The molecule has 0 unspecified atom stereocenters. The Hall–Kier alpha value is -2.73. The summed E-state index contributed by atoms with van der Waals surface area (Å²) in [4.78, 5) is 20.8. The van der Waals surface area contributed by atoms with Crippen LogP contribution in [0.1, 0.15) is 11.3 Å². The highest BCUT2D eigenvalue weighted by molar-refractivity contribution is 7.07. The fraction of sp³-hybridized carbons (Fsp3) is 0.0625. The van der Waals surface area contributed by atoms with Crippen molar-refractivity contribution in [2.45, 2.75) is 6.42 Å². The molecule has 0 aromatic carbocycles. The van der Waals surface area contributed by atoms with E-state index in [4.69, 9.17) is 0 Å². The van der Waals surface area contributed by atoms with Crippen LogP contribution in [0.2, 0.25) is 0 Å². The first kappa shape index (κ1) is 13.0. The number of hydrogen-bond acceptors (Lipinski definition) is 4. The largest absolute Gasteiger partial charge is 0.289 e. The number of hydrogen-bond donors (Lipinski definition) is 1. The number of rotatable bonds is 3. The molecule has 0 aliphatic heterocycles. The summed E-state index contributed by atoms with van der Waals surface area (Å²) in [5.74, 6) is 0. The molecule has 4 rings (SSSR count). The third kappa shape index (κ3) is 2.33. The third-order valence-electron chi connectivity index (χ3n) is 3.46. The molecule has 0 saturated heterocycles. The summed E-state index contributed by atoms with van der Waals surface area (Å²) in [6.45, 7) is 0. The van der Waals surface area contributed by atoms with Crippen LogP contribution in [-0.2, 0) is 6.42 Å². The molecule has 0 fully saturated rings. The monoisotopic (exact) mass is 308 g/mol. The van der Waals surface area contributed by atoms with Gasteiger partial charge in [0.2, 0.25) is 0 Å². The fourth-order valence-electron chi connectivity index (χ4n) is 2.41. The molecule has 0 aliphatic carbocycles. The summed E-state index contributed by atoms with van der Waals surface area (Å²) in [6, 6.07) is 9.29. The van der Waals surface area contributed by atoms with Gasteiger partial charge in [0.25, 0.3) is 5.56 Å². The summed E-state index contributed by atoms with van der Waals surface area (Å²) in [6.07, 6.45) is 4.11. The van der Waals surface area contributed by atoms with E-state index in [2.05, 4.69) is 20.4 Å². The standard InChI is InChI=1S/C16H12N4OS/c21-16-8-13(7-11-3-6-22-10-11)18-15-9-14(19-20(15)16)12-1-4-17-5-2-12/h1-6,8-10,19H,7H2. The number of fused-ring (bicyclic) bond motifs is 1. The first-order valence-corrected chi connectivity index (χ1v) is 7.77. The van der Waals surface area contributed by atoms with Crippen LogP contribution in [-0.4, -0.2) is 19.6 Å². The van der Waals surface area contributed by atoms with Crippen LogP contribution in [0.5, 0.6) is 0 Å². The van der Waals surface area contributed by atoms with E-state index < -0.39 is 0 Å². The lowest BCUT2D eigenvalue weighted by atomic mass is 10.2. The molecule has 1 N–H and O–H groups in total. The number of aromatic amines is 1. The Morgan fingerprint density at radius 2 is 2.05 bits per heavy atom. The maximum atomic E-state index is 12.3. The third-order valence-corrected chi connectivity index (χ3v) is 4.19. The molecule has 22 heavy (non-hydrogen) atoms. The summed E-state index contributed by atoms with van der Waals surface area (Å²) in [5, 5.41) is 7.18. The molecule has 108 valence electrons. The van der Waals surface area contributed by atoms with Gasteiger partial charge in [-0.1, -0.05) is 0 Å². The number of aromatic nitrogens is 4. The maximum Gasteiger partial charge on any atom is 0.272 e. The highest BCUT2D eigenvalue weighted by Crippen LogP contribution is 2.17. The molecular formula is C16H12N4OS. The van der Waals surface area contributed by atoms with E-state index in [0.29, 0.717) is 12.1 Å². The van der Waals surface area contributed by atoms with Crippen molar-refractivity contribution in [2.75, 3.05) is 0 Å². The van der Waals surface area contributed by atoms with E-state index in [9.17, 15) is 4.79 Å². The van der Waals surface area contributed by atoms with Gasteiger partial charge in [-0.25, -0.2) is 9.50 Å². The van der Waals surface area contributed by atoms with E-state index in [0.717, 1.165) is 17.0 Å². The van der Waals surface area contributed by atoms with Crippen molar-refractivity contribution in [3.05, 3.63) is 75.1 Å². The smallest absolute Gasteiger partial charge is 0.272 e. The molecule has 4 aromatic heterocycles. The van der Waals surface area contributed by atoms with Crippen molar-refractivity contribution < 1.29 is 0 Å². The van der Waals surface area contributed by atoms with Gasteiger partial charge in [-0.05, 0) is 34.5 Å². The van der Waals surface area contributed by atoms with Gasteiger partial charge >= 0.3 is 0 Å².